The third-order valence-corrected chi connectivity index (χ3v) is 4.83. The first-order valence-electron chi connectivity index (χ1n) is 11.2. The van der Waals surface area contributed by atoms with Crippen molar-refractivity contribution in [2.45, 2.75) is 52.4 Å². The molecule has 0 saturated heterocycles. The molecule has 0 aromatic heterocycles. The molecular formula is C25H39N7. The van der Waals surface area contributed by atoms with Crippen LogP contribution in [-0.2, 0) is 6.42 Å². The van der Waals surface area contributed by atoms with Gasteiger partial charge in [0.1, 0.15) is 11.7 Å². The third-order valence-electron chi connectivity index (χ3n) is 4.83. The molecule has 0 spiro atoms. The lowest BCUT2D eigenvalue weighted by atomic mass is 9.97. The number of aliphatic imine (C=N–C) groups is 2. The second-order valence-electron chi connectivity index (χ2n) is 7.29. The molecule has 0 amide bonds. The molecule has 32 heavy (non-hydrogen) atoms. The molecule has 0 saturated carbocycles. The fourth-order valence-electron chi connectivity index (χ4n) is 3.09. The quantitative estimate of drug-likeness (QED) is 0.147. The van der Waals surface area contributed by atoms with Crippen LogP contribution < -0.4 is 23.0 Å². The van der Waals surface area contributed by atoms with Crippen molar-refractivity contribution in [1.82, 2.24) is 0 Å². The maximum atomic E-state index is 6.11. The number of nitrogens with zero attached hydrogens (tertiary/aromatic N) is 3. The third kappa shape index (κ3) is 8.89. The normalized spacial score (nSPS) is 12.3. The van der Waals surface area contributed by atoms with Gasteiger partial charge >= 0.3 is 0 Å². The molecule has 2 rings (SSSR count). The van der Waals surface area contributed by atoms with Crippen LogP contribution >= 0.6 is 0 Å². The molecule has 0 heterocycles. The minimum absolute atomic E-state index is 0.317. The Hall–Kier alpha value is -3.19. The molecule has 8 N–H and O–H groups in total. The van der Waals surface area contributed by atoms with Gasteiger partial charge < -0.3 is 23.0 Å². The van der Waals surface area contributed by atoms with Crippen LogP contribution in [0.15, 0.2) is 63.6 Å². The van der Waals surface area contributed by atoms with E-state index in [1.54, 1.807) is 0 Å². The van der Waals surface area contributed by atoms with E-state index in [2.05, 4.69) is 58.9 Å². The molecule has 174 valence electrons. The molecular weight excluding hydrogens is 398 g/mol. The summed E-state index contributed by atoms with van der Waals surface area (Å²) in [5, 5.41) is 3.64. The van der Waals surface area contributed by atoms with Crippen molar-refractivity contribution >= 4 is 17.5 Å². The molecule has 7 heteroatoms. The highest BCUT2D eigenvalue weighted by atomic mass is 15.2. The van der Waals surface area contributed by atoms with Gasteiger partial charge in [0.25, 0.3) is 0 Å². The monoisotopic (exact) mass is 437 g/mol. The highest BCUT2D eigenvalue weighted by Crippen LogP contribution is 2.24. The van der Waals surface area contributed by atoms with Crippen molar-refractivity contribution in [2.24, 2.45) is 38.1 Å². The molecule has 0 fully saturated rings. The Kier molecular flexibility index (Phi) is 13.1. The van der Waals surface area contributed by atoms with Crippen LogP contribution in [0.2, 0.25) is 0 Å². The summed E-state index contributed by atoms with van der Waals surface area (Å²) in [6.45, 7) is 5.09. The summed E-state index contributed by atoms with van der Waals surface area (Å²) in [6, 6.07) is 16.2. The zero-order valence-electron chi connectivity index (χ0n) is 19.7. The smallest absolute Gasteiger partial charge is 0.150 e. The zero-order chi connectivity index (χ0) is 23.8. The summed E-state index contributed by atoms with van der Waals surface area (Å²) in [5.74, 6) is 7.15. The fourth-order valence-corrected chi connectivity index (χ4v) is 3.09. The maximum Gasteiger partial charge on any atom is 0.150 e. The van der Waals surface area contributed by atoms with Crippen LogP contribution in [0.25, 0.3) is 11.1 Å². The van der Waals surface area contributed by atoms with Crippen LogP contribution in [0.5, 0.6) is 0 Å². The first-order chi connectivity index (χ1) is 15.6. The number of hydrazone groups is 1. The number of hydrogen-bond donors (Lipinski definition) is 4. The second kappa shape index (κ2) is 15.6. The van der Waals surface area contributed by atoms with Crippen LogP contribution in [-0.4, -0.2) is 31.1 Å². The summed E-state index contributed by atoms with van der Waals surface area (Å²) in [7, 11) is 1.50. The Labute approximate surface area is 192 Å². The van der Waals surface area contributed by atoms with Gasteiger partial charge in [-0.15, -0.1) is 0 Å². The Balaban J connectivity index is 0.00000249. The lowest BCUT2D eigenvalue weighted by molar-refractivity contribution is 0.804. The predicted octanol–water partition coefficient (Wildman–Crippen LogP) is 3.80. The first-order valence-corrected chi connectivity index (χ1v) is 11.2. The fraction of sp³-hybridized carbons (Fsp3) is 0.400. The summed E-state index contributed by atoms with van der Waals surface area (Å²) in [4.78, 5) is 9.30. The number of benzene rings is 2. The van der Waals surface area contributed by atoms with Gasteiger partial charge in [-0.3, -0.25) is 4.99 Å². The van der Waals surface area contributed by atoms with E-state index in [0.29, 0.717) is 18.1 Å². The van der Waals surface area contributed by atoms with Crippen LogP contribution in [0.1, 0.15) is 57.1 Å². The van der Waals surface area contributed by atoms with E-state index in [4.69, 9.17) is 17.3 Å². The van der Waals surface area contributed by atoms with Crippen molar-refractivity contribution in [3.63, 3.8) is 0 Å². The minimum atomic E-state index is 0.317. The van der Waals surface area contributed by atoms with Gasteiger partial charge in [-0.1, -0.05) is 75.2 Å². The van der Waals surface area contributed by atoms with Gasteiger partial charge in [0, 0.05) is 24.9 Å². The maximum absolute atomic E-state index is 6.11. The summed E-state index contributed by atoms with van der Waals surface area (Å²) in [5.41, 5.74) is 20.6. The summed E-state index contributed by atoms with van der Waals surface area (Å²) < 4.78 is 0. The van der Waals surface area contributed by atoms with Crippen molar-refractivity contribution < 1.29 is 0 Å². The van der Waals surface area contributed by atoms with Gasteiger partial charge in [-0.25, -0.2) is 4.99 Å². The number of hydrogen-bond acceptors (Lipinski definition) is 4. The highest BCUT2D eigenvalue weighted by Gasteiger charge is 2.09. The molecule has 0 radical (unpaired) electrons. The van der Waals surface area contributed by atoms with Gasteiger partial charge in [0.15, 0.2) is 5.84 Å². The Morgan fingerprint density at radius 2 is 1.53 bits per heavy atom. The lowest BCUT2D eigenvalue weighted by Gasteiger charge is -2.10. The number of nitrogens with two attached hydrogens (primary N) is 4. The summed E-state index contributed by atoms with van der Waals surface area (Å²) in [6.07, 6.45) is 5.76. The Bertz CT molecular complexity index is 883. The molecule has 0 unspecified atom stereocenters. The number of rotatable bonds is 10. The van der Waals surface area contributed by atoms with E-state index in [1.165, 1.54) is 7.05 Å². The van der Waals surface area contributed by atoms with Gasteiger partial charge in [0.2, 0.25) is 0 Å². The molecule has 0 aliphatic heterocycles. The molecule has 2 aromatic rings. The Morgan fingerprint density at radius 3 is 2.16 bits per heavy atom. The topological polar surface area (TPSA) is 141 Å². The standard InChI is InChI=1S/C24H34N6.CH5N/c1-3-5-11-22(25)29-23(28-16-6-4-2)17-18-12-14-19(15-13-18)20-9-7-8-10-21(20)24(26)30-27;1-2/h7-10,12-15H,3-6,11,16-17,27H2,1-2H3,(H2,26,30)(H2,25,28,29);2H2,1H3. The molecule has 0 aliphatic rings. The van der Waals surface area contributed by atoms with Crippen LogP contribution in [0.4, 0.5) is 0 Å². The zero-order valence-corrected chi connectivity index (χ0v) is 19.7. The lowest BCUT2D eigenvalue weighted by Crippen LogP contribution is -2.16. The van der Waals surface area contributed by atoms with Crippen molar-refractivity contribution in [2.75, 3.05) is 13.6 Å². The molecule has 0 aliphatic carbocycles. The average molecular weight is 438 g/mol. The van der Waals surface area contributed by atoms with E-state index in [1.807, 2.05) is 24.3 Å². The Morgan fingerprint density at radius 1 is 0.875 bits per heavy atom. The minimum Gasteiger partial charge on any atom is -0.387 e. The van der Waals surface area contributed by atoms with Gasteiger partial charge in [0.05, 0.1) is 0 Å². The number of unbranched alkanes of at least 4 members (excludes halogenated alkanes) is 2. The first kappa shape index (κ1) is 26.8. The van der Waals surface area contributed by atoms with E-state index in [0.717, 1.165) is 66.7 Å². The van der Waals surface area contributed by atoms with Crippen molar-refractivity contribution in [1.29, 1.82) is 0 Å². The van der Waals surface area contributed by atoms with Crippen molar-refractivity contribution in [3.05, 3.63) is 59.7 Å². The van der Waals surface area contributed by atoms with Gasteiger partial charge in [-0.2, -0.15) is 5.10 Å². The average Bonchev–Trinajstić information content (AvgIpc) is 2.84. The molecule has 0 bridgehead atoms. The molecule has 2 aromatic carbocycles. The largest absolute Gasteiger partial charge is 0.387 e. The summed E-state index contributed by atoms with van der Waals surface area (Å²) >= 11 is 0. The van der Waals surface area contributed by atoms with Crippen LogP contribution in [0, 0.1) is 0 Å². The van der Waals surface area contributed by atoms with E-state index in [-0.39, 0.29) is 0 Å². The van der Waals surface area contributed by atoms with E-state index in [9.17, 15) is 0 Å². The number of amidine groups is 3. The highest BCUT2D eigenvalue weighted by molar-refractivity contribution is 6.03. The van der Waals surface area contributed by atoms with Gasteiger partial charge in [-0.05, 0) is 36.6 Å². The molecule has 0 atom stereocenters. The SMILES string of the molecule is CCCCN=C(Cc1ccc(-c2ccccc2/C(N)=N/N)cc1)N=C(N)CCCC.CN. The van der Waals surface area contributed by atoms with Crippen LogP contribution in [0.3, 0.4) is 0 Å². The van der Waals surface area contributed by atoms with E-state index < -0.39 is 0 Å². The van der Waals surface area contributed by atoms with E-state index >= 15 is 0 Å². The predicted molar refractivity (Wildman–Crippen MR) is 139 cm³/mol. The van der Waals surface area contributed by atoms with Crippen molar-refractivity contribution in [3.8, 4) is 11.1 Å². The second-order valence-corrected chi connectivity index (χ2v) is 7.29. The molecule has 7 nitrogen and oxygen atoms in total.